The molecule has 0 atom stereocenters. The highest BCUT2D eigenvalue weighted by atomic mass is 16.6. The fourth-order valence-electron chi connectivity index (χ4n) is 1.67. The highest BCUT2D eigenvalue weighted by molar-refractivity contribution is 5.67. The molecule has 0 aliphatic carbocycles. The Morgan fingerprint density at radius 3 is 2.90 bits per heavy atom. The van der Waals surface area contributed by atoms with E-state index in [1.54, 1.807) is 24.3 Å². The van der Waals surface area contributed by atoms with Crippen molar-refractivity contribution in [2.45, 2.75) is 6.92 Å². The summed E-state index contributed by atoms with van der Waals surface area (Å²) >= 11 is 0. The minimum atomic E-state index is -0.513. The molecular formula is C13H14N4O3. The van der Waals surface area contributed by atoms with Gasteiger partial charge in [0, 0.05) is 17.8 Å². The van der Waals surface area contributed by atoms with Gasteiger partial charge in [-0.2, -0.15) is 0 Å². The number of nitrogens with one attached hydrogen (secondary N) is 1. The van der Waals surface area contributed by atoms with Crippen molar-refractivity contribution in [2.24, 2.45) is 0 Å². The van der Waals surface area contributed by atoms with Gasteiger partial charge in [-0.25, -0.2) is 4.98 Å². The molecule has 1 aromatic carbocycles. The van der Waals surface area contributed by atoms with Crippen molar-refractivity contribution in [3.05, 3.63) is 46.5 Å². The molecule has 0 spiro atoms. The van der Waals surface area contributed by atoms with Crippen LogP contribution in [0.25, 0.3) is 0 Å². The number of aromatic nitrogens is 1. The number of hydrogen-bond acceptors (Lipinski definition) is 6. The van der Waals surface area contributed by atoms with Gasteiger partial charge in [-0.3, -0.25) is 10.1 Å². The van der Waals surface area contributed by atoms with Gasteiger partial charge in [0.15, 0.2) is 0 Å². The minimum Gasteiger partial charge on any atom is -0.494 e. The molecule has 0 saturated heterocycles. The van der Waals surface area contributed by atoms with Gasteiger partial charge in [0.05, 0.1) is 11.5 Å². The van der Waals surface area contributed by atoms with Crippen LogP contribution in [0.15, 0.2) is 36.4 Å². The van der Waals surface area contributed by atoms with Gasteiger partial charge >= 0.3 is 5.69 Å². The van der Waals surface area contributed by atoms with Crippen LogP contribution in [-0.4, -0.2) is 16.5 Å². The quantitative estimate of drug-likeness (QED) is 0.641. The molecule has 2 rings (SSSR count). The van der Waals surface area contributed by atoms with Gasteiger partial charge in [-0.05, 0) is 25.1 Å². The van der Waals surface area contributed by atoms with E-state index in [-0.39, 0.29) is 17.3 Å². The summed E-state index contributed by atoms with van der Waals surface area (Å²) < 4.78 is 5.37. The maximum Gasteiger partial charge on any atom is 0.311 e. The van der Waals surface area contributed by atoms with Gasteiger partial charge < -0.3 is 15.8 Å². The van der Waals surface area contributed by atoms with E-state index < -0.39 is 4.92 Å². The van der Waals surface area contributed by atoms with Crippen molar-refractivity contribution in [1.82, 2.24) is 4.98 Å². The van der Waals surface area contributed by atoms with Crippen molar-refractivity contribution in [3.63, 3.8) is 0 Å². The molecule has 0 amide bonds. The first kappa shape index (κ1) is 13.6. The number of pyridine rings is 1. The van der Waals surface area contributed by atoms with Crippen LogP contribution in [0.4, 0.5) is 23.0 Å². The second-order valence-corrected chi connectivity index (χ2v) is 3.95. The zero-order valence-electron chi connectivity index (χ0n) is 10.9. The molecule has 7 nitrogen and oxygen atoms in total. The monoisotopic (exact) mass is 274 g/mol. The Morgan fingerprint density at radius 2 is 2.20 bits per heavy atom. The summed E-state index contributed by atoms with van der Waals surface area (Å²) in [6.07, 6.45) is 0. The Hall–Kier alpha value is -2.83. The maximum absolute atomic E-state index is 11.0. The van der Waals surface area contributed by atoms with E-state index in [9.17, 15) is 10.1 Å². The molecule has 1 heterocycles. The Morgan fingerprint density at radius 1 is 1.40 bits per heavy atom. The lowest BCUT2D eigenvalue weighted by molar-refractivity contribution is -0.384. The average Bonchev–Trinajstić information content (AvgIpc) is 2.39. The van der Waals surface area contributed by atoms with Crippen LogP contribution in [-0.2, 0) is 0 Å². The third kappa shape index (κ3) is 3.14. The number of hydrogen-bond donors (Lipinski definition) is 2. The van der Waals surface area contributed by atoms with Crippen molar-refractivity contribution in [3.8, 4) is 5.75 Å². The van der Waals surface area contributed by atoms with Crippen molar-refractivity contribution in [1.29, 1.82) is 0 Å². The van der Waals surface area contributed by atoms with Crippen LogP contribution >= 0.6 is 0 Å². The lowest BCUT2D eigenvalue weighted by atomic mass is 10.3. The van der Waals surface area contributed by atoms with E-state index in [0.717, 1.165) is 0 Å². The number of ether oxygens (including phenoxy) is 1. The predicted octanol–water partition coefficient (Wildman–Crippen LogP) is 2.71. The van der Waals surface area contributed by atoms with Crippen LogP contribution in [0.1, 0.15) is 6.92 Å². The van der Waals surface area contributed by atoms with Crippen molar-refractivity contribution in [2.75, 3.05) is 17.7 Å². The summed E-state index contributed by atoms with van der Waals surface area (Å²) in [4.78, 5) is 14.4. The minimum absolute atomic E-state index is 0.101. The van der Waals surface area contributed by atoms with Gasteiger partial charge in [-0.15, -0.1) is 0 Å². The SMILES string of the molecule is CCOc1cccc(Nc2nc(N)ccc2[N+](=O)[O-])c1. The van der Waals surface area contributed by atoms with E-state index in [0.29, 0.717) is 18.0 Å². The van der Waals surface area contributed by atoms with Gasteiger partial charge in [0.1, 0.15) is 11.6 Å². The molecule has 0 radical (unpaired) electrons. The topological polar surface area (TPSA) is 103 Å². The summed E-state index contributed by atoms with van der Waals surface area (Å²) in [6.45, 7) is 2.42. The summed E-state index contributed by atoms with van der Waals surface area (Å²) in [7, 11) is 0. The number of nitrogens with two attached hydrogens (primary N) is 1. The van der Waals surface area contributed by atoms with Crippen LogP contribution in [0, 0.1) is 10.1 Å². The average molecular weight is 274 g/mol. The smallest absolute Gasteiger partial charge is 0.311 e. The van der Waals surface area contributed by atoms with Crippen molar-refractivity contribution < 1.29 is 9.66 Å². The maximum atomic E-state index is 11.0. The fraction of sp³-hybridized carbons (Fsp3) is 0.154. The predicted molar refractivity (Wildman–Crippen MR) is 76.2 cm³/mol. The molecule has 0 bridgehead atoms. The summed E-state index contributed by atoms with van der Waals surface area (Å²) in [5, 5.41) is 13.8. The van der Waals surface area contributed by atoms with Gasteiger partial charge in [-0.1, -0.05) is 6.07 Å². The highest BCUT2D eigenvalue weighted by Crippen LogP contribution is 2.27. The number of benzene rings is 1. The molecule has 0 fully saturated rings. The molecule has 7 heteroatoms. The fourth-order valence-corrected chi connectivity index (χ4v) is 1.67. The third-order valence-corrected chi connectivity index (χ3v) is 2.50. The van der Waals surface area contributed by atoms with Crippen LogP contribution in [0.2, 0.25) is 0 Å². The first-order chi connectivity index (χ1) is 9.60. The molecule has 0 saturated carbocycles. The van der Waals surface area contributed by atoms with Crippen LogP contribution in [0.3, 0.4) is 0 Å². The molecule has 0 aliphatic rings. The number of anilines is 3. The number of nitrogen functional groups attached to an aromatic ring is 1. The summed E-state index contributed by atoms with van der Waals surface area (Å²) in [6, 6.07) is 9.79. The standard InChI is InChI=1S/C13H14N4O3/c1-2-20-10-5-3-4-9(8-10)15-13-11(17(18)19)6-7-12(14)16-13/h3-8H,2H2,1H3,(H3,14,15,16). The summed E-state index contributed by atoms with van der Waals surface area (Å²) in [5.74, 6) is 0.978. The van der Waals surface area contributed by atoms with Gasteiger partial charge in [0.2, 0.25) is 5.82 Å². The molecule has 1 aromatic heterocycles. The molecule has 3 N–H and O–H groups in total. The van der Waals surface area contributed by atoms with Crippen LogP contribution < -0.4 is 15.8 Å². The number of nitrogens with zero attached hydrogens (tertiary/aromatic N) is 2. The third-order valence-electron chi connectivity index (χ3n) is 2.50. The largest absolute Gasteiger partial charge is 0.494 e. The van der Waals surface area contributed by atoms with Gasteiger partial charge in [0.25, 0.3) is 0 Å². The van der Waals surface area contributed by atoms with E-state index in [4.69, 9.17) is 10.5 Å². The normalized spacial score (nSPS) is 10.1. The van der Waals surface area contributed by atoms with E-state index in [1.165, 1.54) is 12.1 Å². The second-order valence-electron chi connectivity index (χ2n) is 3.95. The highest BCUT2D eigenvalue weighted by Gasteiger charge is 2.15. The number of rotatable bonds is 5. The lowest BCUT2D eigenvalue weighted by Crippen LogP contribution is -2.02. The van der Waals surface area contributed by atoms with E-state index >= 15 is 0 Å². The molecule has 104 valence electrons. The first-order valence-corrected chi connectivity index (χ1v) is 6.01. The van der Waals surface area contributed by atoms with Crippen LogP contribution in [0.5, 0.6) is 5.75 Å². The van der Waals surface area contributed by atoms with E-state index in [1.807, 2.05) is 6.92 Å². The number of nitro groups is 1. The molecule has 0 unspecified atom stereocenters. The van der Waals surface area contributed by atoms with E-state index in [2.05, 4.69) is 10.3 Å². The Bertz CT molecular complexity index is 631. The van der Waals surface area contributed by atoms with Crippen molar-refractivity contribution >= 4 is 23.0 Å². The lowest BCUT2D eigenvalue weighted by Gasteiger charge is -2.09. The summed E-state index contributed by atoms with van der Waals surface area (Å²) in [5.41, 5.74) is 6.06. The molecule has 20 heavy (non-hydrogen) atoms. The zero-order valence-corrected chi connectivity index (χ0v) is 10.9. The second kappa shape index (κ2) is 5.87. The first-order valence-electron chi connectivity index (χ1n) is 6.01. The molecular weight excluding hydrogens is 260 g/mol. The Labute approximate surface area is 115 Å². The Balaban J connectivity index is 2.31. The molecule has 0 aliphatic heterocycles. The zero-order chi connectivity index (χ0) is 14.5. The molecule has 2 aromatic rings. The Kier molecular flexibility index (Phi) is 3.99.